The first-order chi connectivity index (χ1) is 8.25. The molecule has 1 aliphatic heterocycles. The number of pyridine rings is 1. The van der Waals surface area contributed by atoms with E-state index in [1.54, 1.807) is 0 Å². The van der Waals surface area contributed by atoms with E-state index in [-0.39, 0.29) is 36.6 Å². The van der Waals surface area contributed by atoms with Crippen LogP contribution >= 0.6 is 40.7 Å². The molecule has 4 nitrogen and oxygen atoms in total. The van der Waals surface area contributed by atoms with E-state index >= 15 is 0 Å². The van der Waals surface area contributed by atoms with E-state index in [4.69, 9.17) is 0 Å². The van der Waals surface area contributed by atoms with Crippen molar-refractivity contribution in [3.63, 3.8) is 0 Å². The van der Waals surface area contributed by atoms with Gasteiger partial charge < -0.3 is 10.6 Å². The molecule has 2 rings (SSSR count). The predicted molar refractivity (Wildman–Crippen MR) is 83.9 cm³/mol. The Kier molecular flexibility index (Phi) is 9.35. The van der Waals surface area contributed by atoms with Gasteiger partial charge in [0.25, 0.3) is 0 Å². The summed E-state index contributed by atoms with van der Waals surface area (Å²) in [6.45, 7) is 2.31. The Bertz CT molecular complexity index is 400. The lowest BCUT2D eigenvalue weighted by Gasteiger charge is -2.21. The van der Waals surface area contributed by atoms with Gasteiger partial charge in [-0.1, -0.05) is 6.07 Å². The minimum absolute atomic E-state index is 0. The maximum atomic E-state index is 11.9. The molecule has 1 amide bonds. The second-order valence-corrected chi connectivity index (χ2v) is 5.03. The lowest BCUT2D eigenvalue weighted by molar-refractivity contribution is -0.125. The number of piperidine rings is 1. The third-order valence-corrected chi connectivity index (χ3v) is 3.33. The first-order valence-electron chi connectivity index (χ1n) is 5.85. The highest BCUT2D eigenvalue weighted by atomic mass is 79.9. The number of carbonyl (C=O) groups excluding carboxylic acids is 1. The molecule has 0 bridgehead atoms. The molecule has 0 spiro atoms. The van der Waals surface area contributed by atoms with Crippen molar-refractivity contribution in [2.24, 2.45) is 5.92 Å². The summed E-state index contributed by atoms with van der Waals surface area (Å²) in [7, 11) is 0. The molecule has 0 aromatic carbocycles. The zero-order valence-electron chi connectivity index (χ0n) is 10.4. The fourth-order valence-electron chi connectivity index (χ4n) is 1.95. The normalized spacial score (nSPS) is 17.8. The Morgan fingerprint density at radius 3 is 2.89 bits per heavy atom. The van der Waals surface area contributed by atoms with E-state index in [9.17, 15) is 4.79 Å². The van der Waals surface area contributed by atoms with E-state index in [1.165, 1.54) is 0 Å². The molecule has 0 radical (unpaired) electrons. The van der Waals surface area contributed by atoms with Crippen molar-refractivity contribution in [3.8, 4) is 0 Å². The van der Waals surface area contributed by atoms with Gasteiger partial charge >= 0.3 is 0 Å². The molecule has 1 atom stereocenters. The summed E-state index contributed by atoms with van der Waals surface area (Å²) in [5.74, 6) is 0.231. The van der Waals surface area contributed by atoms with Gasteiger partial charge in [-0.15, -0.1) is 24.8 Å². The first kappa shape index (κ1) is 18.6. The van der Waals surface area contributed by atoms with Crippen molar-refractivity contribution in [2.75, 3.05) is 13.1 Å². The molecule has 1 aromatic heterocycles. The van der Waals surface area contributed by atoms with Crippen LogP contribution in [0.3, 0.4) is 0 Å². The number of nitrogens with one attached hydrogen (secondary N) is 2. The van der Waals surface area contributed by atoms with Gasteiger partial charge in [0.15, 0.2) is 0 Å². The third-order valence-electron chi connectivity index (χ3n) is 2.88. The Morgan fingerprint density at radius 1 is 1.47 bits per heavy atom. The Labute approximate surface area is 134 Å². The molecule has 1 unspecified atom stereocenters. The summed E-state index contributed by atoms with van der Waals surface area (Å²) in [5.41, 5.74) is 0.872. The first-order valence-corrected chi connectivity index (χ1v) is 6.65. The maximum absolute atomic E-state index is 11.9. The van der Waals surface area contributed by atoms with Crippen molar-refractivity contribution in [2.45, 2.75) is 19.4 Å². The number of halogens is 3. The average molecular weight is 371 g/mol. The van der Waals surface area contributed by atoms with Crippen molar-refractivity contribution in [1.29, 1.82) is 0 Å². The largest absolute Gasteiger partial charge is 0.350 e. The van der Waals surface area contributed by atoms with Crippen LogP contribution in [0.4, 0.5) is 0 Å². The topological polar surface area (TPSA) is 54.0 Å². The highest BCUT2D eigenvalue weighted by Gasteiger charge is 2.20. The smallest absolute Gasteiger partial charge is 0.224 e. The molecule has 7 heteroatoms. The number of aromatic nitrogens is 1. The van der Waals surface area contributed by atoms with Gasteiger partial charge in [-0.25, -0.2) is 4.98 Å². The zero-order valence-corrected chi connectivity index (χ0v) is 13.6. The molecule has 0 aliphatic carbocycles. The summed E-state index contributed by atoms with van der Waals surface area (Å²) in [6, 6.07) is 5.70. The quantitative estimate of drug-likeness (QED) is 0.802. The predicted octanol–water partition coefficient (Wildman–Crippen LogP) is 2.30. The Balaban J connectivity index is 0.00000162. The van der Waals surface area contributed by atoms with Crippen molar-refractivity contribution in [3.05, 3.63) is 28.5 Å². The molecular weight excluding hydrogens is 353 g/mol. The summed E-state index contributed by atoms with van der Waals surface area (Å²) in [5, 5.41) is 6.17. The molecule has 2 N–H and O–H groups in total. The van der Waals surface area contributed by atoms with Gasteiger partial charge in [0.1, 0.15) is 4.60 Å². The third kappa shape index (κ3) is 6.08. The number of amides is 1. The second kappa shape index (κ2) is 9.53. The number of nitrogens with zero attached hydrogens (tertiary/aromatic N) is 1. The number of hydrogen-bond donors (Lipinski definition) is 2. The molecule has 0 saturated carbocycles. The van der Waals surface area contributed by atoms with Gasteiger partial charge in [0.2, 0.25) is 5.91 Å². The summed E-state index contributed by atoms with van der Waals surface area (Å²) in [4.78, 5) is 16.1. The molecule has 19 heavy (non-hydrogen) atoms. The van der Waals surface area contributed by atoms with Crippen LogP contribution in [0.15, 0.2) is 22.8 Å². The van der Waals surface area contributed by atoms with Gasteiger partial charge in [-0.3, -0.25) is 4.79 Å². The van der Waals surface area contributed by atoms with Gasteiger partial charge in [0.05, 0.1) is 18.2 Å². The van der Waals surface area contributed by atoms with Crippen LogP contribution in [-0.2, 0) is 11.3 Å². The number of rotatable bonds is 3. The van der Waals surface area contributed by atoms with Crippen LogP contribution in [0.1, 0.15) is 18.5 Å². The highest BCUT2D eigenvalue weighted by molar-refractivity contribution is 9.10. The highest BCUT2D eigenvalue weighted by Crippen LogP contribution is 2.10. The monoisotopic (exact) mass is 369 g/mol. The van der Waals surface area contributed by atoms with E-state index < -0.39 is 0 Å². The van der Waals surface area contributed by atoms with Crippen molar-refractivity contribution in [1.82, 2.24) is 15.6 Å². The Morgan fingerprint density at radius 2 is 2.26 bits per heavy atom. The standard InChI is InChI=1S/C12H16BrN3O.2ClH/c13-11-5-1-4-10(16-11)8-15-12(17)9-3-2-6-14-7-9;;/h1,4-5,9,14H,2-3,6-8H2,(H,15,17);2*1H. The maximum Gasteiger partial charge on any atom is 0.224 e. The van der Waals surface area contributed by atoms with Crippen LogP contribution in [0, 0.1) is 5.92 Å². The minimum atomic E-state index is 0. The molecule has 2 heterocycles. The summed E-state index contributed by atoms with van der Waals surface area (Å²) >= 11 is 3.31. The van der Waals surface area contributed by atoms with E-state index in [1.807, 2.05) is 18.2 Å². The molecule has 1 aromatic rings. The van der Waals surface area contributed by atoms with Crippen LogP contribution in [0.2, 0.25) is 0 Å². The molecule has 1 saturated heterocycles. The van der Waals surface area contributed by atoms with Gasteiger partial charge in [-0.05, 0) is 47.4 Å². The van der Waals surface area contributed by atoms with Crippen LogP contribution in [0.25, 0.3) is 0 Å². The van der Waals surface area contributed by atoms with Crippen LogP contribution in [-0.4, -0.2) is 24.0 Å². The molecular formula is C12H18BrCl2N3O. The number of carbonyl (C=O) groups is 1. The minimum Gasteiger partial charge on any atom is -0.350 e. The van der Waals surface area contributed by atoms with E-state index in [0.29, 0.717) is 6.54 Å². The molecule has 1 fully saturated rings. The van der Waals surface area contributed by atoms with Crippen LogP contribution in [0.5, 0.6) is 0 Å². The summed E-state index contributed by atoms with van der Waals surface area (Å²) in [6.07, 6.45) is 2.05. The zero-order chi connectivity index (χ0) is 12.1. The van der Waals surface area contributed by atoms with E-state index in [0.717, 1.165) is 36.2 Å². The lowest BCUT2D eigenvalue weighted by atomic mass is 9.99. The fourth-order valence-corrected chi connectivity index (χ4v) is 2.33. The van der Waals surface area contributed by atoms with Gasteiger partial charge in [-0.2, -0.15) is 0 Å². The second-order valence-electron chi connectivity index (χ2n) is 4.21. The SMILES string of the molecule is Cl.Cl.O=C(NCc1cccc(Br)n1)C1CCCNC1. The van der Waals surface area contributed by atoms with Crippen LogP contribution < -0.4 is 10.6 Å². The van der Waals surface area contributed by atoms with Gasteiger partial charge in [0, 0.05) is 6.54 Å². The average Bonchev–Trinajstić information content (AvgIpc) is 2.37. The van der Waals surface area contributed by atoms with E-state index in [2.05, 4.69) is 31.5 Å². The summed E-state index contributed by atoms with van der Waals surface area (Å²) < 4.78 is 0.795. The lowest BCUT2D eigenvalue weighted by Crippen LogP contribution is -2.40. The molecule has 108 valence electrons. The van der Waals surface area contributed by atoms with Crippen molar-refractivity contribution >= 4 is 46.7 Å². The molecule has 1 aliphatic rings. The fraction of sp³-hybridized carbons (Fsp3) is 0.500. The number of hydrogen-bond acceptors (Lipinski definition) is 3. The van der Waals surface area contributed by atoms with Crippen molar-refractivity contribution < 1.29 is 4.79 Å². The Hall–Kier alpha value is -0.360.